The van der Waals surface area contributed by atoms with E-state index >= 15 is 0 Å². The van der Waals surface area contributed by atoms with E-state index in [0.29, 0.717) is 15.7 Å². The molecular weight excluding hydrogens is 394 g/mol. The SMILES string of the molecule is COC(=O)c1ccc(NC(=O)c2cccc(Br)c2OCC(=O)O)cc1. The molecule has 2 N–H and O–H groups in total. The van der Waals surface area contributed by atoms with E-state index in [0.717, 1.165) is 0 Å². The van der Waals surface area contributed by atoms with Crippen LogP contribution in [0.4, 0.5) is 5.69 Å². The van der Waals surface area contributed by atoms with Crippen LogP contribution in [0.5, 0.6) is 5.75 Å². The van der Waals surface area contributed by atoms with Crippen molar-refractivity contribution in [1.82, 2.24) is 0 Å². The van der Waals surface area contributed by atoms with Crippen LogP contribution in [-0.2, 0) is 9.53 Å². The number of rotatable bonds is 6. The van der Waals surface area contributed by atoms with Gasteiger partial charge in [0.05, 0.1) is 22.7 Å². The molecule has 2 aromatic carbocycles. The fraction of sp³-hybridized carbons (Fsp3) is 0.118. The number of carbonyl (C=O) groups excluding carboxylic acids is 2. The molecule has 0 fully saturated rings. The van der Waals surface area contributed by atoms with Crippen LogP contribution >= 0.6 is 15.9 Å². The van der Waals surface area contributed by atoms with Crippen LogP contribution in [0.3, 0.4) is 0 Å². The zero-order chi connectivity index (χ0) is 18.4. The Bertz CT molecular complexity index is 803. The molecule has 1 amide bonds. The first-order valence-corrected chi connectivity index (χ1v) is 7.84. The van der Waals surface area contributed by atoms with Gasteiger partial charge in [0.15, 0.2) is 6.61 Å². The Kier molecular flexibility index (Phi) is 6.13. The lowest BCUT2D eigenvalue weighted by Crippen LogP contribution is -2.16. The highest BCUT2D eigenvalue weighted by Crippen LogP contribution is 2.29. The number of carbonyl (C=O) groups is 3. The van der Waals surface area contributed by atoms with Gasteiger partial charge in [0, 0.05) is 5.69 Å². The van der Waals surface area contributed by atoms with Crippen molar-refractivity contribution < 1.29 is 29.0 Å². The van der Waals surface area contributed by atoms with Crippen molar-refractivity contribution in [3.63, 3.8) is 0 Å². The smallest absolute Gasteiger partial charge is 0.341 e. The maximum atomic E-state index is 12.5. The lowest BCUT2D eigenvalue weighted by atomic mass is 10.1. The zero-order valence-corrected chi connectivity index (χ0v) is 14.7. The van der Waals surface area contributed by atoms with Crippen LogP contribution in [0.1, 0.15) is 20.7 Å². The molecule has 7 nitrogen and oxygen atoms in total. The van der Waals surface area contributed by atoms with E-state index in [9.17, 15) is 14.4 Å². The maximum absolute atomic E-state index is 12.5. The number of hydrogen-bond acceptors (Lipinski definition) is 5. The molecule has 0 saturated heterocycles. The Morgan fingerprint density at radius 1 is 1.12 bits per heavy atom. The molecule has 0 radical (unpaired) electrons. The van der Waals surface area contributed by atoms with Gasteiger partial charge in [-0.3, -0.25) is 4.79 Å². The number of ether oxygens (including phenoxy) is 2. The molecule has 0 bridgehead atoms. The number of carboxylic acid groups (broad SMARTS) is 1. The fourth-order valence-corrected chi connectivity index (χ4v) is 2.45. The zero-order valence-electron chi connectivity index (χ0n) is 13.1. The average molecular weight is 408 g/mol. The number of anilines is 1. The number of hydrogen-bond donors (Lipinski definition) is 2. The van der Waals surface area contributed by atoms with Crippen molar-refractivity contribution in [2.75, 3.05) is 19.0 Å². The summed E-state index contributed by atoms with van der Waals surface area (Å²) in [5, 5.41) is 11.4. The molecule has 0 aliphatic rings. The molecule has 25 heavy (non-hydrogen) atoms. The molecular formula is C17H14BrNO6. The highest BCUT2D eigenvalue weighted by atomic mass is 79.9. The molecule has 0 saturated carbocycles. The first-order chi connectivity index (χ1) is 11.9. The third kappa shape index (κ3) is 4.80. The number of nitrogens with one attached hydrogen (secondary N) is 1. The quantitative estimate of drug-likeness (QED) is 0.713. The number of carboxylic acids is 1. The van der Waals surface area contributed by atoms with Gasteiger partial charge in [-0.2, -0.15) is 0 Å². The van der Waals surface area contributed by atoms with Crippen LogP contribution in [0, 0.1) is 0 Å². The number of aliphatic carboxylic acids is 1. The van der Waals surface area contributed by atoms with Crippen LogP contribution in [0.15, 0.2) is 46.9 Å². The molecule has 0 aliphatic heterocycles. The molecule has 0 aromatic heterocycles. The Morgan fingerprint density at radius 3 is 2.40 bits per heavy atom. The minimum absolute atomic E-state index is 0.133. The third-order valence-electron chi connectivity index (χ3n) is 3.12. The summed E-state index contributed by atoms with van der Waals surface area (Å²) >= 11 is 3.24. The van der Waals surface area contributed by atoms with Gasteiger partial charge in [0.2, 0.25) is 0 Å². The second-order valence-corrected chi connectivity index (χ2v) is 5.68. The molecule has 0 heterocycles. The van der Waals surface area contributed by atoms with E-state index in [4.69, 9.17) is 9.84 Å². The minimum Gasteiger partial charge on any atom is -0.480 e. The van der Waals surface area contributed by atoms with Crippen molar-refractivity contribution in [3.8, 4) is 5.75 Å². The molecule has 0 aliphatic carbocycles. The summed E-state index contributed by atoms with van der Waals surface area (Å²) in [6.07, 6.45) is 0. The van der Waals surface area contributed by atoms with Gasteiger partial charge in [-0.05, 0) is 52.3 Å². The lowest BCUT2D eigenvalue weighted by Gasteiger charge is -2.12. The number of para-hydroxylation sites is 1. The summed E-state index contributed by atoms with van der Waals surface area (Å²) in [6.45, 7) is -0.573. The van der Waals surface area contributed by atoms with Crippen molar-refractivity contribution in [3.05, 3.63) is 58.1 Å². The van der Waals surface area contributed by atoms with Crippen LogP contribution < -0.4 is 10.1 Å². The summed E-state index contributed by atoms with van der Waals surface area (Å²) in [4.78, 5) is 34.5. The molecule has 130 valence electrons. The van der Waals surface area contributed by atoms with Gasteiger partial charge in [-0.1, -0.05) is 6.07 Å². The topological polar surface area (TPSA) is 102 Å². The standard InChI is InChI=1S/C17H14BrNO6/c1-24-17(23)10-5-7-11(8-6-10)19-16(22)12-3-2-4-13(18)15(12)25-9-14(20)21/h2-8H,9H2,1H3,(H,19,22)(H,20,21). The summed E-state index contributed by atoms with van der Waals surface area (Å²) in [5.41, 5.74) is 0.989. The summed E-state index contributed by atoms with van der Waals surface area (Å²) < 4.78 is 10.3. The number of esters is 1. The molecule has 0 spiro atoms. The monoisotopic (exact) mass is 407 g/mol. The molecule has 0 unspecified atom stereocenters. The van der Waals surface area contributed by atoms with E-state index in [2.05, 4.69) is 26.0 Å². The Morgan fingerprint density at radius 2 is 1.80 bits per heavy atom. The summed E-state index contributed by atoms with van der Waals surface area (Å²) in [6, 6.07) is 10.9. The van der Waals surface area contributed by atoms with Gasteiger partial charge < -0.3 is 19.9 Å². The Hall–Kier alpha value is -2.87. The van der Waals surface area contributed by atoms with E-state index in [-0.39, 0.29) is 11.3 Å². The highest BCUT2D eigenvalue weighted by Gasteiger charge is 2.17. The van der Waals surface area contributed by atoms with Crippen LogP contribution in [0.2, 0.25) is 0 Å². The normalized spacial score (nSPS) is 10.0. The predicted molar refractivity (Wildman–Crippen MR) is 93.0 cm³/mol. The average Bonchev–Trinajstić information content (AvgIpc) is 2.60. The largest absolute Gasteiger partial charge is 0.480 e. The number of methoxy groups -OCH3 is 1. The van der Waals surface area contributed by atoms with E-state index in [1.54, 1.807) is 24.3 Å². The van der Waals surface area contributed by atoms with Crippen LogP contribution in [0.25, 0.3) is 0 Å². The fourth-order valence-electron chi connectivity index (χ4n) is 1.97. The van der Waals surface area contributed by atoms with Gasteiger partial charge in [-0.25, -0.2) is 9.59 Å². The minimum atomic E-state index is -1.15. The molecule has 0 atom stereocenters. The van der Waals surface area contributed by atoms with Crippen molar-refractivity contribution in [2.24, 2.45) is 0 Å². The van der Waals surface area contributed by atoms with Gasteiger partial charge in [0.1, 0.15) is 5.75 Å². The number of halogens is 1. The molecule has 2 rings (SSSR count). The highest BCUT2D eigenvalue weighted by molar-refractivity contribution is 9.10. The Balaban J connectivity index is 2.19. The number of benzene rings is 2. The van der Waals surface area contributed by atoms with Gasteiger partial charge in [0.25, 0.3) is 5.91 Å². The third-order valence-corrected chi connectivity index (χ3v) is 3.74. The molecule has 8 heteroatoms. The first-order valence-electron chi connectivity index (χ1n) is 7.05. The van der Waals surface area contributed by atoms with Crippen LogP contribution in [-0.4, -0.2) is 36.7 Å². The maximum Gasteiger partial charge on any atom is 0.341 e. The number of amides is 1. The summed E-state index contributed by atoms with van der Waals surface area (Å²) in [5.74, 6) is -1.98. The van der Waals surface area contributed by atoms with Gasteiger partial charge >= 0.3 is 11.9 Å². The van der Waals surface area contributed by atoms with E-state index in [1.807, 2.05) is 0 Å². The second kappa shape index (κ2) is 8.29. The van der Waals surface area contributed by atoms with E-state index < -0.39 is 24.5 Å². The predicted octanol–water partition coefficient (Wildman–Crippen LogP) is 2.95. The second-order valence-electron chi connectivity index (χ2n) is 4.82. The summed E-state index contributed by atoms with van der Waals surface area (Å²) in [7, 11) is 1.28. The molecule has 2 aromatic rings. The van der Waals surface area contributed by atoms with Crippen molar-refractivity contribution in [2.45, 2.75) is 0 Å². The van der Waals surface area contributed by atoms with Crippen molar-refractivity contribution in [1.29, 1.82) is 0 Å². The van der Waals surface area contributed by atoms with Crippen molar-refractivity contribution >= 4 is 39.5 Å². The Labute approximate surface area is 151 Å². The van der Waals surface area contributed by atoms with Gasteiger partial charge in [-0.15, -0.1) is 0 Å². The first kappa shape index (κ1) is 18.5. The van der Waals surface area contributed by atoms with E-state index in [1.165, 1.54) is 25.3 Å². The lowest BCUT2D eigenvalue weighted by molar-refractivity contribution is -0.139.